The molecule has 0 saturated heterocycles. The summed E-state index contributed by atoms with van der Waals surface area (Å²) in [6.45, 7) is 2.94. The molecule has 2 heterocycles. The van der Waals surface area contributed by atoms with Gasteiger partial charge in [0.05, 0.1) is 18.7 Å². The van der Waals surface area contributed by atoms with Gasteiger partial charge in [0.15, 0.2) is 0 Å². The summed E-state index contributed by atoms with van der Waals surface area (Å²) >= 11 is 0. The number of nitrogens with one attached hydrogen (secondary N) is 1. The predicted molar refractivity (Wildman–Crippen MR) is 148 cm³/mol. The van der Waals surface area contributed by atoms with E-state index in [4.69, 9.17) is 4.74 Å². The molecule has 0 spiro atoms. The highest BCUT2D eigenvalue weighted by Gasteiger charge is 2.52. The molecule has 11 heteroatoms. The number of anilines is 1. The SMILES string of the molecule is Cc1cc(C)nc(O[C@H](C(=O)O)[C@@]2(c3ccccc3)NCC(=O)N(Cc3cccc(C(F)(F)F)c3)c3ccccc32)n1. The van der Waals surface area contributed by atoms with E-state index in [-0.39, 0.29) is 24.7 Å². The second-order valence-electron chi connectivity index (χ2n) is 9.99. The Morgan fingerprint density at radius 3 is 2.33 bits per heavy atom. The number of benzene rings is 3. The summed E-state index contributed by atoms with van der Waals surface area (Å²) in [5.74, 6) is -1.81. The lowest BCUT2D eigenvalue weighted by molar-refractivity contribution is -0.149. The quantitative estimate of drug-likeness (QED) is 0.318. The third-order valence-corrected chi connectivity index (χ3v) is 7.07. The number of rotatable bonds is 7. The minimum absolute atomic E-state index is 0.147. The fraction of sp³-hybridized carbons (Fsp3) is 0.226. The molecule has 8 nitrogen and oxygen atoms in total. The smallest absolute Gasteiger partial charge is 0.416 e. The number of carboxylic acid groups (broad SMARTS) is 1. The van der Waals surface area contributed by atoms with Crippen molar-refractivity contribution in [2.75, 3.05) is 11.4 Å². The van der Waals surface area contributed by atoms with Gasteiger partial charge in [0.1, 0.15) is 5.54 Å². The third-order valence-electron chi connectivity index (χ3n) is 7.07. The fourth-order valence-electron chi connectivity index (χ4n) is 5.30. The van der Waals surface area contributed by atoms with E-state index in [9.17, 15) is 27.9 Å². The number of nitrogens with zero attached hydrogens (tertiary/aromatic N) is 3. The van der Waals surface area contributed by atoms with Crippen LogP contribution in [-0.2, 0) is 27.8 Å². The molecule has 0 saturated carbocycles. The molecule has 0 fully saturated rings. The van der Waals surface area contributed by atoms with Crippen molar-refractivity contribution in [2.45, 2.75) is 38.2 Å². The zero-order valence-electron chi connectivity index (χ0n) is 22.7. The number of ether oxygens (including phenoxy) is 1. The van der Waals surface area contributed by atoms with Crippen LogP contribution in [0.5, 0.6) is 6.01 Å². The summed E-state index contributed by atoms with van der Waals surface area (Å²) < 4.78 is 46.4. The summed E-state index contributed by atoms with van der Waals surface area (Å²) in [7, 11) is 0. The van der Waals surface area contributed by atoms with E-state index in [1.54, 1.807) is 74.5 Å². The van der Waals surface area contributed by atoms with Gasteiger partial charge in [-0.1, -0.05) is 60.7 Å². The Morgan fingerprint density at radius 1 is 1.00 bits per heavy atom. The first-order chi connectivity index (χ1) is 20.0. The van der Waals surface area contributed by atoms with Crippen molar-refractivity contribution >= 4 is 17.6 Å². The highest BCUT2D eigenvalue weighted by Crippen LogP contribution is 2.42. The van der Waals surface area contributed by atoms with Crippen LogP contribution in [0.2, 0.25) is 0 Å². The second-order valence-corrected chi connectivity index (χ2v) is 9.99. The van der Waals surface area contributed by atoms with Crippen molar-refractivity contribution in [3.8, 4) is 6.01 Å². The molecule has 2 N–H and O–H groups in total. The highest BCUT2D eigenvalue weighted by atomic mass is 19.4. The van der Waals surface area contributed by atoms with Gasteiger partial charge in [-0.2, -0.15) is 13.2 Å². The Labute approximate surface area is 239 Å². The largest absolute Gasteiger partial charge is 0.478 e. The van der Waals surface area contributed by atoms with Crippen LogP contribution in [0.15, 0.2) is 84.9 Å². The Balaban J connectivity index is 1.69. The van der Waals surface area contributed by atoms with Gasteiger partial charge in [0, 0.05) is 22.6 Å². The minimum atomic E-state index is -4.55. The number of aromatic nitrogens is 2. The van der Waals surface area contributed by atoms with Crippen LogP contribution in [0.3, 0.4) is 0 Å². The third kappa shape index (κ3) is 5.55. The van der Waals surface area contributed by atoms with E-state index in [1.807, 2.05) is 0 Å². The summed E-state index contributed by atoms with van der Waals surface area (Å²) in [5.41, 5.74) is 0.135. The van der Waals surface area contributed by atoms with Crippen LogP contribution < -0.4 is 15.0 Å². The van der Waals surface area contributed by atoms with Crippen LogP contribution in [-0.4, -0.2) is 39.6 Å². The molecule has 0 radical (unpaired) electrons. The molecule has 1 aromatic heterocycles. The van der Waals surface area contributed by atoms with Crippen LogP contribution >= 0.6 is 0 Å². The number of aryl methyl sites for hydroxylation is 2. The van der Waals surface area contributed by atoms with E-state index in [1.165, 1.54) is 17.0 Å². The Kier molecular flexibility index (Phi) is 7.70. The lowest BCUT2D eigenvalue weighted by Crippen LogP contribution is -2.58. The number of hydrogen-bond acceptors (Lipinski definition) is 6. The molecule has 4 aromatic rings. The number of carbonyl (C=O) groups is 2. The van der Waals surface area contributed by atoms with Crippen molar-refractivity contribution in [2.24, 2.45) is 0 Å². The van der Waals surface area contributed by atoms with Gasteiger partial charge in [-0.15, -0.1) is 0 Å². The van der Waals surface area contributed by atoms with Gasteiger partial charge in [-0.25, -0.2) is 14.8 Å². The first-order valence-electron chi connectivity index (χ1n) is 13.1. The highest BCUT2D eigenvalue weighted by molar-refractivity contribution is 5.97. The maximum atomic E-state index is 13.7. The first kappa shape index (κ1) is 28.7. The van der Waals surface area contributed by atoms with Gasteiger partial charge in [-0.3, -0.25) is 10.1 Å². The van der Waals surface area contributed by atoms with Gasteiger partial charge in [0.25, 0.3) is 0 Å². The Morgan fingerprint density at radius 2 is 1.67 bits per heavy atom. The van der Waals surface area contributed by atoms with Crippen molar-refractivity contribution in [3.63, 3.8) is 0 Å². The van der Waals surface area contributed by atoms with E-state index in [0.29, 0.717) is 28.2 Å². The molecule has 2 atom stereocenters. The number of carbonyl (C=O) groups excluding carboxylic acids is 1. The predicted octanol–water partition coefficient (Wildman–Crippen LogP) is 5.02. The minimum Gasteiger partial charge on any atom is -0.478 e. The zero-order chi connectivity index (χ0) is 30.1. The van der Waals surface area contributed by atoms with E-state index >= 15 is 0 Å². The number of aliphatic carboxylic acids is 1. The Bertz CT molecular complexity index is 1610. The van der Waals surface area contributed by atoms with Crippen molar-refractivity contribution in [3.05, 3.63) is 119 Å². The topological polar surface area (TPSA) is 105 Å². The molecule has 1 aliphatic heterocycles. The summed E-state index contributed by atoms with van der Waals surface area (Å²) in [6, 6.07) is 21.7. The van der Waals surface area contributed by atoms with E-state index < -0.39 is 35.3 Å². The summed E-state index contributed by atoms with van der Waals surface area (Å²) in [4.78, 5) is 36.6. The molecule has 0 aliphatic carbocycles. The molecule has 3 aromatic carbocycles. The van der Waals surface area contributed by atoms with Crippen LogP contribution in [0, 0.1) is 13.8 Å². The normalized spacial score (nSPS) is 17.7. The Hall–Kier alpha value is -4.77. The molecule has 1 amide bonds. The van der Waals surface area contributed by atoms with Crippen molar-refractivity contribution < 1.29 is 32.6 Å². The molecule has 1 aliphatic rings. The molecule has 216 valence electrons. The first-order valence-corrected chi connectivity index (χ1v) is 13.1. The number of carboxylic acids is 1. The monoisotopic (exact) mass is 576 g/mol. The number of hydrogen-bond donors (Lipinski definition) is 2. The van der Waals surface area contributed by atoms with Gasteiger partial charge >= 0.3 is 18.2 Å². The average molecular weight is 577 g/mol. The van der Waals surface area contributed by atoms with Crippen LogP contribution in [0.1, 0.15) is 33.6 Å². The molecular weight excluding hydrogens is 549 g/mol. The standard InChI is InChI=1S/C31H27F3N4O4/c1-19-15-20(2)37-29(36-19)42-27(28(40)41)30(22-10-4-3-5-11-22)24-13-6-7-14-25(24)38(26(39)17-35-30)18-21-9-8-12-23(16-21)31(32,33)34/h3-16,27,35H,17-18H2,1-2H3,(H,40,41)/t27-,30+/m1/s1. The fourth-order valence-corrected chi connectivity index (χ4v) is 5.30. The molecule has 0 bridgehead atoms. The van der Waals surface area contributed by atoms with E-state index in [2.05, 4.69) is 15.3 Å². The van der Waals surface area contributed by atoms with Crippen LogP contribution in [0.25, 0.3) is 0 Å². The van der Waals surface area contributed by atoms with Gasteiger partial charge < -0.3 is 14.7 Å². The number of para-hydroxylation sites is 1. The molecule has 5 rings (SSSR count). The number of alkyl halides is 3. The maximum Gasteiger partial charge on any atom is 0.416 e. The lowest BCUT2D eigenvalue weighted by atomic mass is 9.77. The summed E-state index contributed by atoms with van der Waals surface area (Å²) in [6.07, 6.45) is -6.22. The number of halogens is 3. The second kappa shape index (κ2) is 11.2. The molecule has 0 unspecified atom stereocenters. The number of amides is 1. The maximum absolute atomic E-state index is 13.7. The van der Waals surface area contributed by atoms with Crippen LogP contribution in [0.4, 0.5) is 18.9 Å². The van der Waals surface area contributed by atoms with Crippen molar-refractivity contribution in [1.29, 1.82) is 0 Å². The van der Waals surface area contributed by atoms with E-state index in [0.717, 1.165) is 12.1 Å². The van der Waals surface area contributed by atoms with Gasteiger partial charge in [0.2, 0.25) is 12.0 Å². The number of fused-ring (bicyclic) bond motifs is 1. The molecule has 42 heavy (non-hydrogen) atoms. The van der Waals surface area contributed by atoms with Gasteiger partial charge in [-0.05, 0) is 49.2 Å². The summed E-state index contributed by atoms with van der Waals surface area (Å²) in [5, 5.41) is 13.8. The molecular formula is C31H27F3N4O4. The lowest BCUT2D eigenvalue weighted by Gasteiger charge is -2.39. The zero-order valence-corrected chi connectivity index (χ0v) is 22.7. The average Bonchev–Trinajstić information content (AvgIpc) is 3.06. The van der Waals surface area contributed by atoms with Crippen molar-refractivity contribution in [1.82, 2.24) is 15.3 Å².